The largest absolute Gasteiger partial charge is 0.281 e. The Labute approximate surface area is 84.5 Å². The number of halogens is 1. The van der Waals surface area contributed by atoms with Gasteiger partial charge in [0.25, 0.3) is 0 Å². The maximum atomic E-state index is 4.29. The smallest absolute Gasteiger partial charge is 0.0935 e. The normalized spacial score (nSPS) is 16.7. The molecule has 66 valence electrons. The van der Waals surface area contributed by atoms with Crippen LogP contribution in [0.1, 0.15) is 24.5 Å². The zero-order valence-electron chi connectivity index (χ0n) is 7.05. The van der Waals surface area contributed by atoms with E-state index in [-0.39, 0.29) is 0 Å². The number of aromatic nitrogens is 2. The Kier molecular flexibility index (Phi) is 1.50. The predicted molar refractivity (Wildman–Crippen MR) is 55.8 cm³/mol. The fourth-order valence-corrected chi connectivity index (χ4v) is 2.29. The van der Waals surface area contributed by atoms with Crippen molar-refractivity contribution >= 4 is 26.8 Å². The summed E-state index contributed by atoms with van der Waals surface area (Å²) < 4.78 is 1.15. The Hall–Kier alpha value is -0.830. The lowest BCUT2D eigenvalue weighted by atomic mass is 10.1. The molecule has 0 radical (unpaired) electrons. The first-order valence-electron chi connectivity index (χ1n) is 4.49. The average Bonchev–Trinajstić information content (AvgIpc) is 2.87. The molecule has 2 aromatic rings. The number of fused-ring (bicyclic) bond motifs is 1. The lowest BCUT2D eigenvalue weighted by Crippen LogP contribution is -1.79. The Morgan fingerprint density at radius 3 is 3.00 bits per heavy atom. The Balaban J connectivity index is 2.34. The molecule has 1 saturated carbocycles. The first-order valence-corrected chi connectivity index (χ1v) is 5.28. The van der Waals surface area contributed by atoms with Crippen LogP contribution in [0.25, 0.3) is 10.9 Å². The molecule has 0 saturated heterocycles. The first kappa shape index (κ1) is 7.56. The highest BCUT2D eigenvalue weighted by Crippen LogP contribution is 2.43. The molecule has 1 aromatic heterocycles. The van der Waals surface area contributed by atoms with E-state index in [1.54, 1.807) is 0 Å². The van der Waals surface area contributed by atoms with E-state index in [1.807, 2.05) is 12.1 Å². The summed E-state index contributed by atoms with van der Waals surface area (Å²) in [4.78, 5) is 0. The molecule has 0 unspecified atom stereocenters. The van der Waals surface area contributed by atoms with Gasteiger partial charge in [0, 0.05) is 21.5 Å². The van der Waals surface area contributed by atoms with Crippen molar-refractivity contribution in [3.05, 3.63) is 28.4 Å². The predicted octanol–water partition coefficient (Wildman–Crippen LogP) is 3.20. The van der Waals surface area contributed by atoms with Crippen LogP contribution in [0, 0.1) is 0 Å². The van der Waals surface area contributed by atoms with Crippen LogP contribution < -0.4 is 0 Å². The summed E-state index contributed by atoms with van der Waals surface area (Å²) in [5.74, 6) is 0.726. The van der Waals surface area contributed by atoms with Crippen LogP contribution in [0.3, 0.4) is 0 Å². The van der Waals surface area contributed by atoms with Crippen molar-refractivity contribution < 1.29 is 0 Å². The van der Waals surface area contributed by atoms with E-state index in [1.165, 1.54) is 23.9 Å². The molecule has 1 heterocycles. The van der Waals surface area contributed by atoms with Crippen molar-refractivity contribution in [2.45, 2.75) is 18.8 Å². The number of hydrogen-bond donors (Lipinski definition) is 1. The number of H-pyrrole nitrogens is 1. The van der Waals surface area contributed by atoms with Gasteiger partial charge in [0.15, 0.2) is 0 Å². The summed E-state index contributed by atoms with van der Waals surface area (Å²) in [6.45, 7) is 0. The van der Waals surface area contributed by atoms with Crippen molar-refractivity contribution in [3.8, 4) is 0 Å². The molecular weight excluding hydrogens is 228 g/mol. The average molecular weight is 237 g/mol. The first-order chi connectivity index (χ1) is 6.36. The van der Waals surface area contributed by atoms with Gasteiger partial charge in [-0.2, -0.15) is 5.10 Å². The van der Waals surface area contributed by atoms with E-state index in [4.69, 9.17) is 0 Å². The Bertz CT molecular complexity index is 457. The van der Waals surface area contributed by atoms with E-state index >= 15 is 0 Å². The van der Waals surface area contributed by atoms with Crippen LogP contribution in [0.5, 0.6) is 0 Å². The number of aromatic amines is 1. The van der Waals surface area contributed by atoms with Crippen molar-refractivity contribution in [1.29, 1.82) is 0 Å². The summed E-state index contributed by atoms with van der Waals surface area (Å²) in [6, 6.07) is 6.14. The van der Waals surface area contributed by atoms with E-state index in [2.05, 4.69) is 32.2 Å². The molecule has 3 rings (SSSR count). The minimum atomic E-state index is 0.726. The lowest BCUT2D eigenvalue weighted by Gasteiger charge is -1.95. The van der Waals surface area contributed by atoms with Gasteiger partial charge < -0.3 is 0 Å². The molecule has 2 nitrogen and oxygen atoms in total. The van der Waals surface area contributed by atoms with Gasteiger partial charge in [-0.3, -0.25) is 5.10 Å². The number of nitrogens with zero attached hydrogens (tertiary/aromatic N) is 1. The summed E-state index contributed by atoms with van der Waals surface area (Å²) in [5, 5.41) is 8.69. The molecule has 1 aliphatic rings. The Morgan fingerprint density at radius 1 is 1.38 bits per heavy atom. The second-order valence-corrected chi connectivity index (χ2v) is 4.40. The van der Waals surface area contributed by atoms with Crippen LogP contribution in [-0.4, -0.2) is 10.2 Å². The zero-order chi connectivity index (χ0) is 8.84. The van der Waals surface area contributed by atoms with Gasteiger partial charge in [0.05, 0.1) is 5.52 Å². The highest BCUT2D eigenvalue weighted by molar-refractivity contribution is 9.10. The van der Waals surface area contributed by atoms with E-state index < -0.39 is 0 Å². The summed E-state index contributed by atoms with van der Waals surface area (Å²) >= 11 is 3.56. The van der Waals surface area contributed by atoms with E-state index in [0.717, 1.165) is 15.9 Å². The van der Waals surface area contributed by atoms with E-state index in [9.17, 15) is 0 Å². The third-order valence-electron chi connectivity index (χ3n) is 2.54. The summed E-state index contributed by atoms with van der Waals surface area (Å²) in [6.07, 6.45) is 2.61. The van der Waals surface area contributed by atoms with Crippen molar-refractivity contribution in [3.63, 3.8) is 0 Å². The maximum absolute atomic E-state index is 4.29. The molecule has 1 aromatic carbocycles. The maximum Gasteiger partial charge on any atom is 0.0935 e. The molecule has 1 aliphatic carbocycles. The van der Waals surface area contributed by atoms with Crippen LogP contribution in [-0.2, 0) is 0 Å². The van der Waals surface area contributed by atoms with Gasteiger partial charge in [-0.1, -0.05) is 22.0 Å². The van der Waals surface area contributed by atoms with Crippen LogP contribution in [0.2, 0.25) is 0 Å². The van der Waals surface area contributed by atoms with Crippen LogP contribution in [0.15, 0.2) is 22.7 Å². The van der Waals surface area contributed by atoms with Gasteiger partial charge in [-0.25, -0.2) is 0 Å². The third kappa shape index (κ3) is 1.10. The summed E-state index contributed by atoms with van der Waals surface area (Å²) in [7, 11) is 0. The molecule has 0 spiro atoms. The molecular formula is C10H9BrN2. The summed E-state index contributed by atoms with van der Waals surface area (Å²) in [5.41, 5.74) is 2.37. The van der Waals surface area contributed by atoms with Gasteiger partial charge in [0.1, 0.15) is 0 Å². The zero-order valence-corrected chi connectivity index (χ0v) is 8.63. The van der Waals surface area contributed by atoms with Gasteiger partial charge >= 0.3 is 0 Å². The topological polar surface area (TPSA) is 28.7 Å². The second-order valence-electron chi connectivity index (χ2n) is 3.55. The number of benzene rings is 1. The van der Waals surface area contributed by atoms with Gasteiger partial charge in [-0.05, 0) is 25.0 Å². The number of rotatable bonds is 1. The Morgan fingerprint density at radius 2 is 2.23 bits per heavy atom. The number of hydrogen-bond acceptors (Lipinski definition) is 1. The fourth-order valence-electron chi connectivity index (χ4n) is 1.72. The molecule has 0 bridgehead atoms. The van der Waals surface area contributed by atoms with E-state index in [0.29, 0.717) is 0 Å². The fraction of sp³-hybridized carbons (Fsp3) is 0.300. The molecule has 1 N–H and O–H groups in total. The minimum Gasteiger partial charge on any atom is -0.281 e. The lowest BCUT2D eigenvalue weighted by molar-refractivity contribution is 0.978. The monoisotopic (exact) mass is 236 g/mol. The molecule has 1 fully saturated rings. The van der Waals surface area contributed by atoms with Crippen LogP contribution in [0.4, 0.5) is 0 Å². The SMILES string of the molecule is Brc1cccc2n[nH]c(C3CC3)c12. The van der Waals surface area contributed by atoms with Gasteiger partial charge in [-0.15, -0.1) is 0 Å². The standard InChI is InChI=1S/C10H9BrN2/c11-7-2-1-3-8-9(7)10(13-12-8)6-4-5-6/h1-3,6H,4-5H2,(H,12,13). The molecule has 3 heteroatoms. The molecule has 0 atom stereocenters. The molecule has 0 aliphatic heterocycles. The highest BCUT2D eigenvalue weighted by atomic mass is 79.9. The van der Waals surface area contributed by atoms with Gasteiger partial charge in [0.2, 0.25) is 0 Å². The highest BCUT2D eigenvalue weighted by Gasteiger charge is 2.27. The molecule has 0 amide bonds. The number of nitrogens with one attached hydrogen (secondary N) is 1. The third-order valence-corrected chi connectivity index (χ3v) is 3.20. The van der Waals surface area contributed by atoms with Crippen LogP contribution >= 0.6 is 15.9 Å². The van der Waals surface area contributed by atoms with Crippen molar-refractivity contribution in [2.75, 3.05) is 0 Å². The quantitative estimate of drug-likeness (QED) is 0.810. The van der Waals surface area contributed by atoms with Crippen molar-refractivity contribution in [1.82, 2.24) is 10.2 Å². The second kappa shape index (κ2) is 2.58. The minimum absolute atomic E-state index is 0.726. The van der Waals surface area contributed by atoms with Crippen molar-refractivity contribution in [2.24, 2.45) is 0 Å². The molecule has 13 heavy (non-hydrogen) atoms.